The number of rotatable bonds is 3. The molecule has 0 spiro atoms. The molecule has 124 valence electrons. The zero-order chi connectivity index (χ0) is 15.9. The maximum Gasteiger partial charge on any atom is 0.225 e. The third-order valence-electron chi connectivity index (χ3n) is 6.33. The van der Waals surface area contributed by atoms with Crippen LogP contribution in [-0.2, 0) is 10.2 Å². The van der Waals surface area contributed by atoms with Crippen LogP contribution in [0, 0.1) is 11.8 Å². The predicted molar refractivity (Wildman–Crippen MR) is 90.6 cm³/mol. The molecule has 3 nitrogen and oxygen atoms in total. The second kappa shape index (κ2) is 5.85. The van der Waals surface area contributed by atoms with Crippen LogP contribution in [0.1, 0.15) is 50.5 Å². The van der Waals surface area contributed by atoms with Crippen LogP contribution in [0.2, 0.25) is 0 Å². The second-order valence-electron chi connectivity index (χ2n) is 7.64. The fourth-order valence-corrected chi connectivity index (χ4v) is 4.93. The Morgan fingerprint density at radius 2 is 2.04 bits per heavy atom. The summed E-state index contributed by atoms with van der Waals surface area (Å²) in [5, 5.41) is 0. The molecule has 1 amide bonds. The van der Waals surface area contributed by atoms with E-state index in [9.17, 15) is 4.79 Å². The molecule has 0 aromatic heterocycles. The fraction of sp³-hybridized carbons (Fsp3) is 0.650. The normalized spacial score (nSPS) is 30.7. The van der Waals surface area contributed by atoms with Crippen LogP contribution >= 0.6 is 0 Å². The minimum atomic E-state index is 0.257. The molecule has 3 heteroatoms. The van der Waals surface area contributed by atoms with Gasteiger partial charge in [0.05, 0.1) is 7.11 Å². The Morgan fingerprint density at radius 1 is 1.22 bits per heavy atom. The fourth-order valence-electron chi connectivity index (χ4n) is 4.93. The van der Waals surface area contributed by atoms with Crippen LogP contribution in [0.15, 0.2) is 24.3 Å². The topological polar surface area (TPSA) is 29.5 Å². The second-order valence-corrected chi connectivity index (χ2v) is 7.64. The molecule has 1 heterocycles. The molecule has 0 bridgehead atoms. The molecule has 2 saturated carbocycles. The van der Waals surface area contributed by atoms with E-state index in [1.807, 2.05) is 6.07 Å². The Morgan fingerprint density at radius 3 is 2.83 bits per heavy atom. The summed E-state index contributed by atoms with van der Waals surface area (Å²) in [7, 11) is 1.74. The van der Waals surface area contributed by atoms with E-state index in [1.165, 1.54) is 31.2 Å². The van der Waals surface area contributed by atoms with Crippen LogP contribution < -0.4 is 4.74 Å². The summed E-state index contributed by atoms with van der Waals surface area (Å²) in [6.07, 6.45) is 8.36. The number of benzene rings is 1. The number of methoxy groups -OCH3 is 1. The van der Waals surface area contributed by atoms with Gasteiger partial charge < -0.3 is 9.64 Å². The highest BCUT2D eigenvalue weighted by atomic mass is 16.5. The molecule has 2 atom stereocenters. The van der Waals surface area contributed by atoms with Gasteiger partial charge in [0.25, 0.3) is 0 Å². The van der Waals surface area contributed by atoms with E-state index in [4.69, 9.17) is 4.74 Å². The highest BCUT2D eigenvalue weighted by Crippen LogP contribution is 2.51. The molecular weight excluding hydrogens is 286 g/mol. The molecule has 3 aliphatic rings. The van der Waals surface area contributed by atoms with Gasteiger partial charge in [-0.15, -0.1) is 0 Å². The third-order valence-corrected chi connectivity index (χ3v) is 6.33. The summed E-state index contributed by atoms with van der Waals surface area (Å²) in [6.45, 7) is 1.92. The van der Waals surface area contributed by atoms with Gasteiger partial charge >= 0.3 is 0 Å². The SMILES string of the molecule is COc1cccc(C23CCCC2CN(C(=O)C2CC2)CCC3)c1. The minimum Gasteiger partial charge on any atom is -0.497 e. The van der Waals surface area contributed by atoms with Crippen LogP contribution in [0.3, 0.4) is 0 Å². The largest absolute Gasteiger partial charge is 0.497 e. The number of hydrogen-bond acceptors (Lipinski definition) is 2. The van der Waals surface area contributed by atoms with Crippen molar-refractivity contribution in [3.8, 4) is 5.75 Å². The number of fused-ring (bicyclic) bond motifs is 1. The molecular formula is C20H27NO2. The molecule has 3 fully saturated rings. The first-order chi connectivity index (χ1) is 11.2. The maximum atomic E-state index is 12.5. The van der Waals surface area contributed by atoms with Gasteiger partial charge in [-0.2, -0.15) is 0 Å². The first kappa shape index (κ1) is 15.0. The molecule has 23 heavy (non-hydrogen) atoms. The van der Waals surface area contributed by atoms with E-state index in [0.717, 1.165) is 38.1 Å². The number of carbonyl (C=O) groups is 1. The quantitative estimate of drug-likeness (QED) is 0.850. The molecule has 0 radical (unpaired) electrons. The van der Waals surface area contributed by atoms with Gasteiger partial charge in [0.15, 0.2) is 0 Å². The molecule has 1 aromatic carbocycles. The van der Waals surface area contributed by atoms with Crippen molar-refractivity contribution in [1.29, 1.82) is 0 Å². The van der Waals surface area contributed by atoms with Gasteiger partial charge in [-0.05, 0) is 62.1 Å². The van der Waals surface area contributed by atoms with Crippen LogP contribution in [0.4, 0.5) is 0 Å². The van der Waals surface area contributed by atoms with E-state index in [1.54, 1.807) is 7.11 Å². The zero-order valence-electron chi connectivity index (χ0n) is 14.1. The Hall–Kier alpha value is -1.51. The Labute approximate surface area is 139 Å². The first-order valence-corrected chi connectivity index (χ1v) is 9.16. The van der Waals surface area contributed by atoms with Crippen LogP contribution in [0.5, 0.6) is 5.75 Å². The molecule has 1 aromatic rings. The number of likely N-dealkylation sites (tertiary alicyclic amines) is 1. The van der Waals surface area contributed by atoms with Crippen LogP contribution in [0.25, 0.3) is 0 Å². The Kier molecular flexibility index (Phi) is 3.82. The van der Waals surface area contributed by atoms with Crippen molar-refractivity contribution in [2.75, 3.05) is 20.2 Å². The Bertz CT molecular complexity index is 595. The van der Waals surface area contributed by atoms with E-state index in [-0.39, 0.29) is 5.41 Å². The van der Waals surface area contributed by atoms with Crippen molar-refractivity contribution in [3.63, 3.8) is 0 Å². The summed E-state index contributed by atoms with van der Waals surface area (Å²) in [5.74, 6) is 2.34. The summed E-state index contributed by atoms with van der Waals surface area (Å²) >= 11 is 0. The van der Waals surface area contributed by atoms with Gasteiger partial charge in [-0.3, -0.25) is 4.79 Å². The lowest BCUT2D eigenvalue weighted by atomic mass is 9.69. The van der Waals surface area contributed by atoms with Crippen molar-refractivity contribution in [2.24, 2.45) is 11.8 Å². The summed E-state index contributed by atoms with van der Waals surface area (Å²) in [6, 6.07) is 8.66. The first-order valence-electron chi connectivity index (χ1n) is 9.16. The van der Waals surface area contributed by atoms with Gasteiger partial charge in [-0.1, -0.05) is 18.6 Å². The van der Waals surface area contributed by atoms with Gasteiger partial charge in [-0.25, -0.2) is 0 Å². The zero-order valence-corrected chi connectivity index (χ0v) is 14.1. The molecule has 0 N–H and O–H groups in total. The average Bonchev–Trinajstić information content (AvgIpc) is 3.38. The van der Waals surface area contributed by atoms with Crippen molar-refractivity contribution in [3.05, 3.63) is 29.8 Å². The van der Waals surface area contributed by atoms with Crippen molar-refractivity contribution in [1.82, 2.24) is 4.90 Å². The lowest BCUT2D eigenvalue weighted by Gasteiger charge is -2.36. The third kappa shape index (κ3) is 2.64. The van der Waals surface area contributed by atoms with E-state index in [2.05, 4.69) is 23.1 Å². The highest BCUT2D eigenvalue weighted by Gasteiger charge is 2.47. The lowest BCUT2D eigenvalue weighted by Crippen LogP contribution is -2.39. The van der Waals surface area contributed by atoms with Gasteiger partial charge in [0.2, 0.25) is 5.91 Å². The number of carbonyl (C=O) groups excluding carboxylic acids is 1. The van der Waals surface area contributed by atoms with Crippen molar-refractivity contribution < 1.29 is 9.53 Å². The van der Waals surface area contributed by atoms with E-state index in [0.29, 0.717) is 17.7 Å². The average molecular weight is 313 g/mol. The van der Waals surface area contributed by atoms with Crippen LogP contribution in [-0.4, -0.2) is 31.0 Å². The summed E-state index contributed by atoms with van der Waals surface area (Å²) in [5.41, 5.74) is 1.69. The number of hydrogen-bond donors (Lipinski definition) is 0. The summed E-state index contributed by atoms with van der Waals surface area (Å²) < 4.78 is 5.46. The molecule has 4 rings (SSSR count). The number of ether oxygens (including phenoxy) is 1. The molecule has 1 saturated heterocycles. The van der Waals surface area contributed by atoms with E-state index < -0.39 is 0 Å². The molecule has 1 aliphatic heterocycles. The lowest BCUT2D eigenvalue weighted by molar-refractivity contribution is -0.133. The van der Waals surface area contributed by atoms with Gasteiger partial charge in [0, 0.05) is 24.4 Å². The maximum absolute atomic E-state index is 12.5. The minimum absolute atomic E-state index is 0.257. The summed E-state index contributed by atoms with van der Waals surface area (Å²) in [4.78, 5) is 14.7. The predicted octanol–water partition coefficient (Wildman–Crippen LogP) is 3.77. The highest BCUT2D eigenvalue weighted by molar-refractivity contribution is 5.81. The van der Waals surface area contributed by atoms with Gasteiger partial charge in [0.1, 0.15) is 5.75 Å². The standard InChI is InChI=1S/C20H27NO2/c1-23-18-7-2-5-16(13-18)20-10-3-6-17(20)14-21(12-4-11-20)19(22)15-8-9-15/h2,5,7,13,15,17H,3-4,6,8-12,14H2,1H3. The number of nitrogens with zero attached hydrogens (tertiary/aromatic N) is 1. The number of amides is 1. The molecule has 2 aliphatic carbocycles. The van der Waals surface area contributed by atoms with E-state index >= 15 is 0 Å². The van der Waals surface area contributed by atoms with Crippen molar-refractivity contribution in [2.45, 2.75) is 50.4 Å². The Balaban J connectivity index is 1.62. The molecule has 2 unspecified atom stereocenters. The monoisotopic (exact) mass is 313 g/mol. The van der Waals surface area contributed by atoms with Crippen molar-refractivity contribution >= 4 is 5.91 Å². The smallest absolute Gasteiger partial charge is 0.225 e.